The molecule has 0 unspecified atom stereocenters. The van der Waals surface area contributed by atoms with E-state index in [4.69, 9.17) is 17.2 Å². The quantitative estimate of drug-likeness (QED) is 0.0281. The number of carboxylic acid groups (broad SMARTS) is 1. The molecule has 0 aliphatic carbocycles. The molecule has 1 aromatic carbocycles. The lowest BCUT2D eigenvalue weighted by atomic mass is 10.0. The number of unbranched alkanes of at least 4 members (excludes halogenated alkanes) is 1. The second-order valence-electron chi connectivity index (χ2n) is 19.0. The van der Waals surface area contributed by atoms with Crippen LogP contribution in [0.25, 0.3) is 0 Å². The highest BCUT2D eigenvalue weighted by Crippen LogP contribution is 2.11. The minimum atomic E-state index is -1.99. The number of carbonyl (C=O) groups is 12. The summed E-state index contributed by atoms with van der Waals surface area (Å²) in [4.78, 5) is 158. The molecular weight excluding hydrogens is 1050 g/mol. The zero-order valence-electron chi connectivity index (χ0n) is 45.1. The van der Waals surface area contributed by atoms with Crippen molar-refractivity contribution in [2.75, 3.05) is 33.4 Å². The Kier molecular flexibility index (Phi) is 30.4. The summed E-state index contributed by atoms with van der Waals surface area (Å²) in [6.45, 7) is 5.00. The fraction of sp³-hybridized carbons (Fsp3) is 0.625. The van der Waals surface area contributed by atoms with E-state index in [1.165, 1.54) is 20.8 Å². The average molecular weight is 1130 g/mol. The fourth-order valence-corrected chi connectivity index (χ4v) is 7.31. The van der Waals surface area contributed by atoms with Crippen LogP contribution in [0.5, 0.6) is 0 Å². The molecule has 0 bridgehead atoms. The van der Waals surface area contributed by atoms with Gasteiger partial charge in [-0.3, -0.25) is 57.5 Å². The highest BCUT2D eigenvalue weighted by molar-refractivity contribution is 6.00. The summed E-state index contributed by atoms with van der Waals surface area (Å²) in [5.41, 5.74) is 16.7. The van der Waals surface area contributed by atoms with Crippen LogP contribution in [-0.2, 0) is 64.0 Å². The molecule has 0 aromatic heterocycles. The Balaban J connectivity index is 3.38. The molecule has 0 aliphatic rings. The third kappa shape index (κ3) is 23.2. The van der Waals surface area contributed by atoms with Crippen LogP contribution in [-0.4, -0.2) is 219 Å². The van der Waals surface area contributed by atoms with Gasteiger partial charge in [0, 0.05) is 13.5 Å². The molecule has 13 atom stereocenters. The van der Waals surface area contributed by atoms with Gasteiger partial charge in [0.25, 0.3) is 0 Å². The van der Waals surface area contributed by atoms with Gasteiger partial charge in [0.1, 0.15) is 60.4 Å². The number of carbonyl (C=O) groups excluding carboxylic acids is 11. The molecule has 0 fully saturated rings. The maximum absolute atomic E-state index is 14.0. The molecule has 1 rings (SSSR count). The maximum Gasteiger partial charge on any atom is 0.325 e. The number of hydrogen-bond acceptors (Lipinski definition) is 19. The molecule has 0 saturated heterocycles. The first kappa shape index (κ1) is 69.6. The van der Waals surface area contributed by atoms with Gasteiger partial charge in [-0.25, -0.2) is 0 Å². The zero-order chi connectivity index (χ0) is 60.4. The van der Waals surface area contributed by atoms with Crippen LogP contribution in [0.4, 0.5) is 0 Å². The predicted octanol–water partition coefficient (Wildman–Crippen LogP) is -8.73. The lowest BCUT2D eigenvalue weighted by Gasteiger charge is -2.30. The van der Waals surface area contributed by atoms with Gasteiger partial charge in [-0.05, 0) is 65.0 Å². The van der Waals surface area contributed by atoms with Gasteiger partial charge < -0.3 is 101 Å². The summed E-state index contributed by atoms with van der Waals surface area (Å²) in [7, 11) is 1.15. The van der Waals surface area contributed by atoms with Gasteiger partial charge in [0.2, 0.25) is 65.0 Å². The SMILES string of the molecule is CC(C)[C@H](NC(=O)[C@@H](NC(=O)[C@@H](NC(=O)[C@H](CO)NC(=O)[C@@H](NC(=O)[C@H](Cc1ccccc1)NC(=O)[C@H](CC(N)=O)NC(=O)[C@H](CO)N(C)C(=O)CN)[C@@H](C)O)[C@@H](C)O)[C@@H](C)O)C(=O)N[C@@H](CCCCN)C(=O)N[C@@H](C)C(=O)O. The Morgan fingerprint density at radius 3 is 1.38 bits per heavy atom. The van der Waals surface area contributed by atoms with Crippen molar-refractivity contribution in [2.24, 2.45) is 23.1 Å². The highest BCUT2D eigenvalue weighted by atomic mass is 16.4. The molecule has 0 saturated carbocycles. The van der Waals surface area contributed by atoms with E-state index in [1.54, 1.807) is 30.3 Å². The summed E-state index contributed by atoms with van der Waals surface area (Å²) in [5, 5.41) is 81.7. The molecule has 31 nitrogen and oxygen atoms in total. The largest absolute Gasteiger partial charge is 0.480 e. The summed E-state index contributed by atoms with van der Waals surface area (Å²) < 4.78 is 0. The first-order valence-corrected chi connectivity index (χ1v) is 25.2. The predicted molar refractivity (Wildman–Crippen MR) is 277 cm³/mol. The smallest absolute Gasteiger partial charge is 0.325 e. The monoisotopic (exact) mass is 1130 g/mol. The van der Waals surface area contributed by atoms with E-state index in [9.17, 15) is 88.2 Å². The van der Waals surface area contributed by atoms with E-state index >= 15 is 0 Å². The van der Waals surface area contributed by atoms with Gasteiger partial charge >= 0.3 is 5.97 Å². The molecule has 0 radical (unpaired) electrons. The van der Waals surface area contributed by atoms with Crippen LogP contribution >= 0.6 is 0 Å². The van der Waals surface area contributed by atoms with Gasteiger partial charge in [-0.2, -0.15) is 0 Å². The van der Waals surface area contributed by atoms with Crippen molar-refractivity contribution in [2.45, 2.75) is 152 Å². The number of nitrogens with one attached hydrogen (secondary N) is 9. The first-order chi connectivity index (χ1) is 36.9. The van der Waals surface area contributed by atoms with Crippen LogP contribution in [0.15, 0.2) is 30.3 Å². The van der Waals surface area contributed by atoms with E-state index in [0.29, 0.717) is 18.4 Å². The highest BCUT2D eigenvalue weighted by Gasteiger charge is 2.39. The van der Waals surface area contributed by atoms with Crippen LogP contribution in [0.1, 0.15) is 72.8 Å². The average Bonchev–Trinajstić information content (AvgIpc) is 3.37. The van der Waals surface area contributed by atoms with Crippen molar-refractivity contribution >= 4 is 70.9 Å². The van der Waals surface area contributed by atoms with Crippen molar-refractivity contribution < 1.29 is 88.2 Å². The van der Waals surface area contributed by atoms with Crippen LogP contribution < -0.4 is 65.1 Å². The van der Waals surface area contributed by atoms with E-state index in [1.807, 2.05) is 0 Å². The lowest BCUT2D eigenvalue weighted by Crippen LogP contribution is -2.64. The van der Waals surface area contributed by atoms with Gasteiger partial charge in [0.05, 0.1) is 44.5 Å². The molecule has 79 heavy (non-hydrogen) atoms. The minimum absolute atomic E-state index is 0.0388. The molecule has 0 aliphatic heterocycles. The summed E-state index contributed by atoms with van der Waals surface area (Å²) in [5.74, 6) is -14.2. The number of hydrogen-bond donors (Lipinski definition) is 18. The molecular formula is C48H79N13O18. The number of benzene rings is 1. The van der Waals surface area contributed by atoms with E-state index < -0.39 is 182 Å². The Morgan fingerprint density at radius 1 is 0.519 bits per heavy atom. The van der Waals surface area contributed by atoms with Crippen molar-refractivity contribution in [3.05, 3.63) is 35.9 Å². The summed E-state index contributed by atoms with van der Waals surface area (Å²) in [6, 6.07) is -8.95. The van der Waals surface area contributed by atoms with Crippen LogP contribution in [0, 0.1) is 5.92 Å². The third-order valence-electron chi connectivity index (χ3n) is 12.0. The molecule has 21 N–H and O–H groups in total. The number of nitrogens with zero attached hydrogens (tertiary/aromatic N) is 1. The second-order valence-corrected chi connectivity index (χ2v) is 19.0. The summed E-state index contributed by atoms with van der Waals surface area (Å²) >= 11 is 0. The Morgan fingerprint density at radius 2 is 0.937 bits per heavy atom. The minimum Gasteiger partial charge on any atom is -0.480 e. The number of rotatable bonds is 35. The Bertz CT molecular complexity index is 2260. The van der Waals surface area contributed by atoms with Gasteiger partial charge in [-0.15, -0.1) is 0 Å². The molecule has 11 amide bonds. The molecule has 0 spiro atoms. The second kappa shape index (κ2) is 34.5. The molecule has 1 aromatic rings. The Labute approximate surface area is 455 Å². The zero-order valence-corrected chi connectivity index (χ0v) is 45.1. The number of aliphatic hydroxyl groups is 5. The van der Waals surface area contributed by atoms with E-state index in [-0.39, 0.29) is 19.4 Å². The number of aliphatic hydroxyl groups excluding tert-OH is 5. The number of aliphatic carboxylic acids is 1. The fourth-order valence-electron chi connectivity index (χ4n) is 7.31. The van der Waals surface area contributed by atoms with E-state index in [2.05, 4.69) is 47.9 Å². The number of nitrogens with two attached hydrogens (primary N) is 3. The van der Waals surface area contributed by atoms with Crippen molar-refractivity contribution in [1.29, 1.82) is 0 Å². The maximum atomic E-state index is 14.0. The van der Waals surface area contributed by atoms with Crippen LogP contribution in [0.2, 0.25) is 0 Å². The number of likely N-dealkylation sites (N-methyl/N-ethyl adjacent to an activating group) is 1. The van der Waals surface area contributed by atoms with Crippen LogP contribution in [0.3, 0.4) is 0 Å². The van der Waals surface area contributed by atoms with Crippen molar-refractivity contribution in [1.82, 2.24) is 52.8 Å². The molecule has 31 heteroatoms. The standard InChI is InChI=1S/C48H79N13O18/c1-22(2)35(44(74)53-28(15-11-12-16-49)39(69)52-23(3)48(78)79)57-46(76)38(26(6)66)60-47(77)37(25(5)65)59-42(72)31(20-62)56-45(75)36(24(4)64)58-41(71)29(17-27-13-9-8-10-14-27)54-40(70)30(18-33(51)67)55-43(73)32(21-63)61(7)34(68)19-50/h8-10,13-14,22-26,28-32,35-38,62-66H,11-12,15-21,49-50H2,1-7H3,(H2,51,67)(H,52,69)(H,53,74)(H,54,70)(H,55,73)(H,56,75)(H,57,76)(H,58,71)(H,59,72)(H,60,77)(H,78,79)/t23-,24+,25+,26+,28-,29-,30-,31-,32-,35-,36-,37-,38-/m0/s1. The number of carboxylic acids is 1. The third-order valence-corrected chi connectivity index (χ3v) is 12.0. The Hall–Kier alpha value is -7.42. The number of primary amides is 1. The summed E-state index contributed by atoms with van der Waals surface area (Å²) in [6.07, 6.45) is -5.60. The van der Waals surface area contributed by atoms with E-state index in [0.717, 1.165) is 32.7 Å². The van der Waals surface area contributed by atoms with Crippen molar-refractivity contribution in [3.63, 3.8) is 0 Å². The topological polar surface area (TPSA) is 516 Å². The van der Waals surface area contributed by atoms with Gasteiger partial charge in [-0.1, -0.05) is 44.2 Å². The normalized spacial score (nSPS) is 16.1. The van der Waals surface area contributed by atoms with Crippen molar-refractivity contribution in [3.8, 4) is 0 Å². The molecule has 0 heterocycles. The molecule has 444 valence electrons. The number of amides is 11. The first-order valence-electron chi connectivity index (χ1n) is 25.2. The lowest BCUT2D eigenvalue weighted by molar-refractivity contribution is -0.142. The van der Waals surface area contributed by atoms with Gasteiger partial charge in [0.15, 0.2) is 0 Å².